The summed E-state index contributed by atoms with van der Waals surface area (Å²) in [6.45, 7) is 5.17. The molecule has 3 heteroatoms. The molecule has 0 saturated heterocycles. The Bertz CT molecular complexity index is 342. The molecule has 0 N–H and O–H groups in total. The van der Waals surface area contributed by atoms with Crippen LogP contribution in [0.2, 0.25) is 0 Å². The number of benzene rings is 1. The van der Waals surface area contributed by atoms with Crippen LogP contribution in [0.15, 0.2) is 36.6 Å². The van der Waals surface area contributed by atoms with Crippen LogP contribution in [0, 0.1) is 0 Å². The zero-order valence-electron chi connectivity index (χ0n) is 9.72. The van der Waals surface area contributed by atoms with Crippen LogP contribution in [0.4, 0.5) is 4.79 Å². The molecule has 0 aromatic heterocycles. The fourth-order valence-corrected chi connectivity index (χ4v) is 1.29. The van der Waals surface area contributed by atoms with Gasteiger partial charge in [-0.3, -0.25) is 0 Å². The lowest BCUT2D eigenvalue weighted by atomic mass is 10.2. The van der Waals surface area contributed by atoms with Crippen LogP contribution in [0.25, 0.3) is 6.08 Å². The Hall–Kier alpha value is -1.77. The van der Waals surface area contributed by atoms with E-state index in [0.717, 1.165) is 5.56 Å². The van der Waals surface area contributed by atoms with E-state index in [4.69, 9.17) is 4.74 Å². The third kappa shape index (κ3) is 3.77. The summed E-state index contributed by atoms with van der Waals surface area (Å²) in [6.07, 6.45) is 2.88. The van der Waals surface area contributed by atoms with Crippen LogP contribution in [0.5, 0.6) is 0 Å². The largest absolute Gasteiger partial charge is 0.418 e. The van der Waals surface area contributed by atoms with Gasteiger partial charge in [0.25, 0.3) is 0 Å². The third-order valence-electron chi connectivity index (χ3n) is 2.25. The SMILES string of the molecule is CCN(CC)C(=O)O/C=C/c1ccccc1. The average molecular weight is 219 g/mol. The Labute approximate surface area is 96.3 Å². The summed E-state index contributed by atoms with van der Waals surface area (Å²) in [6, 6.07) is 9.71. The van der Waals surface area contributed by atoms with E-state index in [0.29, 0.717) is 13.1 Å². The second kappa shape index (κ2) is 6.67. The highest BCUT2D eigenvalue weighted by Crippen LogP contribution is 2.02. The predicted molar refractivity (Wildman–Crippen MR) is 64.9 cm³/mol. The first kappa shape index (κ1) is 12.3. The van der Waals surface area contributed by atoms with Crippen LogP contribution in [0.1, 0.15) is 19.4 Å². The molecule has 0 aliphatic rings. The van der Waals surface area contributed by atoms with Crippen LogP contribution >= 0.6 is 0 Å². The molecule has 1 aromatic carbocycles. The number of rotatable bonds is 4. The Kier molecular flexibility index (Phi) is 5.12. The molecule has 0 atom stereocenters. The van der Waals surface area contributed by atoms with Crippen molar-refractivity contribution >= 4 is 12.2 Å². The predicted octanol–water partition coefficient (Wildman–Crippen LogP) is 3.14. The second-order valence-corrected chi connectivity index (χ2v) is 3.27. The van der Waals surface area contributed by atoms with Crippen molar-refractivity contribution in [3.05, 3.63) is 42.2 Å². The minimum absolute atomic E-state index is 0.308. The molecule has 1 rings (SSSR count). The van der Waals surface area contributed by atoms with Gasteiger partial charge in [-0.15, -0.1) is 0 Å². The molecular weight excluding hydrogens is 202 g/mol. The number of hydrogen-bond donors (Lipinski definition) is 0. The molecule has 0 aliphatic carbocycles. The van der Waals surface area contributed by atoms with Gasteiger partial charge in [0, 0.05) is 13.1 Å². The van der Waals surface area contributed by atoms with E-state index in [9.17, 15) is 4.79 Å². The van der Waals surface area contributed by atoms with E-state index in [1.54, 1.807) is 11.0 Å². The van der Waals surface area contributed by atoms with Gasteiger partial charge in [-0.25, -0.2) is 4.79 Å². The molecule has 0 aliphatic heterocycles. The van der Waals surface area contributed by atoms with Crippen molar-refractivity contribution < 1.29 is 9.53 Å². The first-order chi connectivity index (χ1) is 7.77. The smallest absolute Gasteiger partial charge is 0.414 e. The lowest BCUT2D eigenvalue weighted by molar-refractivity contribution is 0.142. The Morgan fingerprint density at radius 2 is 1.88 bits per heavy atom. The normalized spacial score (nSPS) is 10.4. The monoisotopic (exact) mass is 219 g/mol. The molecule has 0 saturated carbocycles. The molecular formula is C13H17NO2. The maximum atomic E-state index is 11.4. The van der Waals surface area contributed by atoms with E-state index in [1.165, 1.54) is 6.26 Å². The molecule has 0 fully saturated rings. The number of carbonyl (C=O) groups excluding carboxylic acids is 1. The van der Waals surface area contributed by atoms with E-state index < -0.39 is 0 Å². The van der Waals surface area contributed by atoms with Gasteiger partial charge in [-0.05, 0) is 25.5 Å². The van der Waals surface area contributed by atoms with Crippen molar-refractivity contribution in [1.82, 2.24) is 4.90 Å². The maximum absolute atomic E-state index is 11.4. The van der Waals surface area contributed by atoms with Gasteiger partial charge < -0.3 is 9.64 Å². The molecule has 3 nitrogen and oxygen atoms in total. The van der Waals surface area contributed by atoms with Crippen LogP contribution in [0.3, 0.4) is 0 Å². The second-order valence-electron chi connectivity index (χ2n) is 3.27. The zero-order chi connectivity index (χ0) is 11.8. The van der Waals surface area contributed by atoms with Gasteiger partial charge in [0.05, 0.1) is 6.26 Å². The molecule has 1 amide bonds. The molecule has 16 heavy (non-hydrogen) atoms. The lowest BCUT2D eigenvalue weighted by Gasteiger charge is -2.16. The summed E-state index contributed by atoms with van der Waals surface area (Å²) in [5, 5.41) is 0. The van der Waals surface area contributed by atoms with Crippen LogP contribution in [-0.4, -0.2) is 24.1 Å². The highest BCUT2D eigenvalue weighted by atomic mass is 16.5. The van der Waals surface area contributed by atoms with Crippen LogP contribution < -0.4 is 0 Å². The Balaban J connectivity index is 2.45. The fraction of sp³-hybridized carbons (Fsp3) is 0.308. The first-order valence-electron chi connectivity index (χ1n) is 5.45. The number of ether oxygens (including phenoxy) is 1. The summed E-state index contributed by atoms with van der Waals surface area (Å²) in [5.41, 5.74) is 1.01. The third-order valence-corrected chi connectivity index (χ3v) is 2.25. The summed E-state index contributed by atoms with van der Waals surface area (Å²) in [7, 11) is 0. The minimum Gasteiger partial charge on any atom is -0.418 e. The molecule has 0 heterocycles. The van der Waals surface area contributed by atoms with E-state index in [1.807, 2.05) is 44.2 Å². The quantitative estimate of drug-likeness (QED) is 0.728. The van der Waals surface area contributed by atoms with Crippen molar-refractivity contribution in [3.8, 4) is 0 Å². The average Bonchev–Trinajstić information content (AvgIpc) is 2.32. The molecule has 1 aromatic rings. The Morgan fingerprint density at radius 3 is 2.44 bits per heavy atom. The molecule has 86 valence electrons. The molecule has 0 unspecified atom stereocenters. The van der Waals surface area contributed by atoms with Gasteiger partial charge in [0.1, 0.15) is 0 Å². The zero-order valence-corrected chi connectivity index (χ0v) is 9.72. The van der Waals surface area contributed by atoms with Gasteiger partial charge in [0.2, 0.25) is 0 Å². The van der Waals surface area contributed by atoms with E-state index >= 15 is 0 Å². The summed E-state index contributed by atoms with van der Waals surface area (Å²) in [4.78, 5) is 13.1. The summed E-state index contributed by atoms with van der Waals surface area (Å²) >= 11 is 0. The molecule has 0 spiro atoms. The first-order valence-corrected chi connectivity index (χ1v) is 5.45. The number of amides is 1. The highest BCUT2D eigenvalue weighted by Gasteiger charge is 2.08. The lowest BCUT2D eigenvalue weighted by Crippen LogP contribution is -2.29. The molecule has 0 radical (unpaired) electrons. The minimum atomic E-state index is -0.308. The molecule has 0 bridgehead atoms. The highest BCUT2D eigenvalue weighted by molar-refractivity contribution is 5.69. The standard InChI is InChI=1S/C13H17NO2/c1-3-14(4-2)13(15)16-11-10-12-8-6-5-7-9-12/h5-11H,3-4H2,1-2H3/b11-10+. The topological polar surface area (TPSA) is 29.5 Å². The van der Waals surface area contributed by atoms with Gasteiger partial charge >= 0.3 is 6.09 Å². The summed E-state index contributed by atoms with van der Waals surface area (Å²) < 4.78 is 5.00. The number of nitrogens with zero attached hydrogens (tertiary/aromatic N) is 1. The van der Waals surface area contributed by atoms with Crippen LogP contribution in [-0.2, 0) is 4.74 Å². The van der Waals surface area contributed by atoms with Crippen molar-refractivity contribution in [2.45, 2.75) is 13.8 Å². The van der Waals surface area contributed by atoms with Gasteiger partial charge in [-0.1, -0.05) is 30.3 Å². The van der Waals surface area contributed by atoms with Crippen molar-refractivity contribution in [1.29, 1.82) is 0 Å². The van der Waals surface area contributed by atoms with Crippen molar-refractivity contribution in [2.75, 3.05) is 13.1 Å². The van der Waals surface area contributed by atoms with Gasteiger partial charge in [-0.2, -0.15) is 0 Å². The maximum Gasteiger partial charge on any atom is 0.414 e. The fourth-order valence-electron chi connectivity index (χ4n) is 1.29. The summed E-state index contributed by atoms with van der Waals surface area (Å²) in [5.74, 6) is 0. The van der Waals surface area contributed by atoms with E-state index in [-0.39, 0.29) is 6.09 Å². The number of carbonyl (C=O) groups is 1. The van der Waals surface area contributed by atoms with Gasteiger partial charge in [0.15, 0.2) is 0 Å². The van der Waals surface area contributed by atoms with Crippen molar-refractivity contribution in [2.24, 2.45) is 0 Å². The number of hydrogen-bond acceptors (Lipinski definition) is 2. The van der Waals surface area contributed by atoms with Crippen molar-refractivity contribution in [3.63, 3.8) is 0 Å². The van der Waals surface area contributed by atoms with E-state index in [2.05, 4.69) is 0 Å². The Morgan fingerprint density at radius 1 is 1.25 bits per heavy atom.